The topological polar surface area (TPSA) is 53.9 Å². The highest BCUT2D eigenvalue weighted by Gasteiger charge is 2.08. The van der Waals surface area contributed by atoms with Crippen LogP contribution in [0.1, 0.15) is 26.7 Å². The average Bonchev–Trinajstić information content (AvgIpc) is 2.45. The van der Waals surface area contributed by atoms with Crippen LogP contribution in [-0.4, -0.2) is 32.6 Å². The van der Waals surface area contributed by atoms with E-state index >= 15 is 0 Å². The largest absolute Gasteiger partial charge is 0.450 e. The Hall–Kier alpha value is -2.04. The molecule has 0 heterocycles. The Balaban J connectivity index is 2.73. The van der Waals surface area contributed by atoms with Gasteiger partial charge in [-0.25, -0.2) is 4.79 Å². The number of aliphatic imine (C=N–C) groups is 1. The lowest BCUT2D eigenvalue weighted by molar-refractivity contribution is 0.168. The van der Waals surface area contributed by atoms with Gasteiger partial charge in [-0.15, -0.1) is 0 Å². The summed E-state index contributed by atoms with van der Waals surface area (Å²) in [7, 11) is 3.80. The molecule has 5 heteroatoms. The fourth-order valence-corrected chi connectivity index (χ4v) is 1.86. The SMILES string of the molecule is CCCC(=NC)N(C)c1ccc(NC(=O)OCC)cc1. The molecule has 0 bridgehead atoms. The Morgan fingerprint density at radius 3 is 2.45 bits per heavy atom. The van der Waals surface area contributed by atoms with Crippen molar-refractivity contribution in [1.82, 2.24) is 0 Å². The van der Waals surface area contributed by atoms with E-state index in [0.717, 1.165) is 24.4 Å². The maximum absolute atomic E-state index is 11.3. The lowest BCUT2D eigenvalue weighted by Gasteiger charge is -2.21. The Morgan fingerprint density at radius 1 is 1.30 bits per heavy atom. The fourth-order valence-electron chi connectivity index (χ4n) is 1.86. The van der Waals surface area contributed by atoms with Crippen molar-refractivity contribution in [1.29, 1.82) is 0 Å². The van der Waals surface area contributed by atoms with Gasteiger partial charge in [0.2, 0.25) is 0 Å². The molecule has 0 fully saturated rings. The predicted molar refractivity (Wildman–Crippen MR) is 83.8 cm³/mol. The van der Waals surface area contributed by atoms with Crippen LogP contribution in [-0.2, 0) is 4.74 Å². The third-order valence-electron chi connectivity index (χ3n) is 2.90. The summed E-state index contributed by atoms with van der Waals surface area (Å²) < 4.78 is 4.83. The van der Waals surface area contributed by atoms with Crippen molar-refractivity contribution in [2.24, 2.45) is 4.99 Å². The molecule has 1 aromatic carbocycles. The summed E-state index contributed by atoms with van der Waals surface area (Å²) >= 11 is 0. The lowest BCUT2D eigenvalue weighted by atomic mass is 10.2. The first kappa shape index (κ1) is 16.0. The Bertz CT molecular complexity index is 455. The van der Waals surface area contributed by atoms with Gasteiger partial charge in [0.25, 0.3) is 0 Å². The van der Waals surface area contributed by atoms with Crippen LogP contribution in [0, 0.1) is 0 Å². The zero-order valence-corrected chi connectivity index (χ0v) is 12.6. The Labute approximate surface area is 120 Å². The number of nitrogens with zero attached hydrogens (tertiary/aromatic N) is 2. The number of ether oxygens (including phenoxy) is 1. The van der Waals surface area contributed by atoms with Crippen molar-refractivity contribution in [2.45, 2.75) is 26.7 Å². The second kappa shape index (κ2) is 8.19. The first-order valence-electron chi connectivity index (χ1n) is 6.85. The number of hydrogen-bond acceptors (Lipinski definition) is 3. The van der Waals surface area contributed by atoms with Crippen LogP contribution in [0.5, 0.6) is 0 Å². The maximum atomic E-state index is 11.3. The third kappa shape index (κ3) is 4.57. The van der Waals surface area contributed by atoms with Crippen molar-refractivity contribution in [3.63, 3.8) is 0 Å². The molecule has 1 aromatic rings. The van der Waals surface area contributed by atoms with Crippen molar-refractivity contribution < 1.29 is 9.53 Å². The highest BCUT2D eigenvalue weighted by molar-refractivity contribution is 5.97. The van der Waals surface area contributed by atoms with Gasteiger partial charge in [-0.3, -0.25) is 10.3 Å². The Kier molecular flexibility index (Phi) is 6.56. The monoisotopic (exact) mass is 277 g/mol. The minimum Gasteiger partial charge on any atom is -0.450 e. The summed E-state index contributed by atoms with van der Waals surface area (Å²) in [4.78, 5) is 17.7. The van der Waals surface area contributed by atoms with Gasteiger partial charge in [-0.2, -0.15) is 0 Å². The maximum Gasteiger partial charge on any atom is 0.411 e. The molecular weight excluding hydrogens is 254 g/mol. The van der Waals surface area contributed by atoms with Gasteiger partial charge < -0.3 is 9.64 Å². The zero-order chi connectivity index (χ0) is 15.0. The summed E-state index contributed by atoms with van der Waals surface area (Å²) in [6, 6.07) is 7.59. The number of amides is 1. The van der Waals surface area contributed by atoms with Crippen LogP contribution in [0.3, 0.4) is 0 Å². The molecule has 0 radical (unpaired) electrons. The average molecular weight is 277 g/mol. The van der Waals surface area contributed by atoms with Gasteiger partial charge in [0.1, 0.15) is 5.84 Å². The zero-order valence-electron chi connectivity index (χ0n) is 12.6. The number of carbonyl (C=O) groups excluding carboxylic acids is 1. The number of benzene rings is 1. The van der Waals surface area contributed by atoms with E-state index in [9.17, 15) is 4.79 Å². The molecule has 0 aliphatic carbocycles. The van der Waals surface area contributed by atoms with Crippen LogP contribution in [0.15, 0.2) is 29.3 Å². The number of amidine groups is 1. The molecule has 0 saturated heterocycles. The van der Waals surface area contributed by atoms with E-state index in [0.29, 0.717) is 12.3 Å². The summed E-state index contributed by atoms with van der Waals surface area (Å²) in [6.07, 6.45) is 1.56. The first-order valence-corrected chi connectivity index (χ1v) is 6.85. The van der Waals surface area contributed by atoms with E-state index in [2.05, 4.69) is 22.1 Å². The summed E-state index contributed by atoms with van der Waals surface area (Å²) in [5.41, 5.74) is 1.75. The molecule has 0 aliphatic rings. The summed E-state index contributed by atoms with van der Waals surface area (Å²) in [5.74, 6) is 1.04. The molecule has 1 N–H and O–H groups in total. The molecule has 0 aliphatic heterocycles. The van der Waals surface area contributed by atoms with E-state index in [-0.39, 0.29) is 0 Å². The third-order valence-corrected chi connectivity index (χ3v) is 2.90. The van der Waals surface area contributed by atoms with Crippen LogP contribution < -0.4 is 10.2 Å². The molecule has 0 atom stereocenters. The quantitative estimate of drug-likeness (QED) is 0.662. The molecular formula is C15H23N3O2. The van der Waals surface area contributed by atoms with Crippen LogP contribution in [0.25, 0.3) is 0 Å². The molecule has 1 rings (SSSR count). The van der Waals surface area contributed by atoms with Crippen LogP contribution >= 0.6 is 0 Å². The summed E-state index contributed by atoms with van der Waals surface area (Å²) in [6.45, 7) is 4.27. The lowest BCUT2D eigenvalue weighted by Crippen LogP contribution is -2.26. The van der Waals surface area contributed by atoms with E-state index in [1.807, 2.05) is 31.3 Å². The fraction of sp³-hybridized carbons (Fsp3) is 0.467. The van der Waals surface area contributed by atoms with Crippen LogP contribution in [0.2, 0.25) is 0 Å². The van der Waals surface area contributed by atoms with E-state index in [1.54, 1.807) is 14.0 Å². The van der Waals surface area contributed by atoms with Gasteiger partial charge >= 0.3 is 6.09 Å². The highest BCUT2D eigenvalue weighted by atomic mass is 16.5. The van der Waals surface area contributed by atoms with Gasteiger partial charge in [-0.05, 0) is 37.6 Å². The molecule has 0 saturated carbocycles. The molecule has 110 valence electrons. The second-order valence-corrected chi connectivity index (χ2v) is 4.34. The number of hydrogen-bond donors (Lipinski definition) is 1. The van der Waals surface area contributed by atoms with E-state index in [4.69, 9.17) is 4.74 Å². The summed E-state index contributed by atoms with van der Waals surface area (Å²) in [5, 5.41) is 2.67. The predicted octanol–water partition coefficient (Wildman–Crippen LogP) is 3.52. The molecule has 0 spiro atoms. The first-order chi connectivity index (χ1) is 9.62. The molecule has 20 heavy (non-hydrogen) atoms. The minimum atomic E-state index is -0.435. The van der Waals surface area contributed by atoms with E-state index < -0.39 is 6.09 Å². The molecule has 5 nitrogen and oxygen atoms in total. The number of carbonyl (C=O) groups is 1. The Morgan fingerprint density at radius 2 is 1.95 bits per heavy atom. The molecule has 0 unspecified atom stereocenters. The smallest absolute Gasteiger partial charge is 0.411 e. The van der Waals surface area contributed by atoms with E-state index in [1.165, 1.54) is 0 Å². The number of rotatable bonds is 5. The van der Waals surface area contributed by atoms with Crippen molar-refractivity contribution in [2.75, 3.05) is 30.9 Å². The van der Waals surface area contributed by atoms with Gasteiger partial charge in [0.15, 0.2) is 0 Å². The number of nitrogens with one attached hydrogen (secondary N) is 1. The second-order valence-electron chi connectivity index (χ2n) is 4.34. The highest BCUT2D eigenvalue weighted by Crippen LogP contribution is 2.18. The minimum absolute atomic E-state index is 0.361. The van der Waals surface area contributed by atoms with Crippen molar-refractivity contribution in [3.8, 4) is 0 Å². The van der Waals surface area contributed by atoms with Gasteiger partial charge in [-0.1, -0.05) is 6.92 Å². The van der Waals surface area contributed by atoms with Crippen LogP contribution in [0.4, 0.5) is 16.2 Å². The normalized spacial score (nSPS) is 11.1. The van der Waals surface area contributed by atoms with Crippen molar-refractivity contribution >= 4 is 23.3 Å². The standard InChI is InChI=1S/C15H23N3O2/c1-5-7-14(16-3)18(4)13-10-8-12(9-11-13)17-15(19)20-6-2/h8-11H,5-7H2,1-4H3,(H,17,19). The van der Waals surface area contributed by atoms with Crippen molar-refractivity contribution in [3.05, 3.63) is 24.3 Å². The molecule has 0 aromatic heterocycles. The van der Waals surface area contributed by atoms with Gasteiger partial charge in [0.05, 0.1) is 6.61 Å². The van der Waals surface area contributed by atoms with Gasteiger partial charge in [0, 0.05) is 31.9 Å². The molecule has 1 amide bonds. The number of anilines is 2.